The molecule has 186 valence electrons. The van der Waals surface area contributed by atoms with Gasteiger partial charge in [0.15, 0.2) is 0 Å². The van der Waals surface area contributed by atoms with Crippen LogP contribution in [0.25, 0.3) is 10.9 Å². The van der Waals surface area contributed by atoms with Crippen molar-refractivity contribution in [3.8, 4) is 5.75 Å². The van der Waals surface area contributed by atoms with E-state index in [1.165, 1.54) is 18.3 Å². The van der Waals surface area contributed by atoms with Crippen molar-refractivity contribution in [1.82, 2.24) is 15.6 Å². The number of pyridine rings is 1. The lowest BCUT2D eigenvalue weighted by atomic mass is 10.0. The van der Waals surface area contributed by atoms with E-state index < -0.39 is 19.8 Å². The second kappa shape index (κ2) is 11.4. The Morgan fingerprint density at radius 2 is 1.71 bits per heavy atom. The fourth-order valence-electron chi connectivity index (χ4n) is 3.81. The summed E-state index contributed by atoms with van der Waals surface area (Å²) in [5.74, 6) is -0.361. The minimum Gasteiger partial charge on any atom is -0.404 e. The van der Waals surface area contributed by atoms with Gasteiger partial charge < -0.3 is 15.2 Å². The molecule has 0 saturated heterocycles. The predicted molar refractivity (Wildman–Crippen MR) is 133 cm³/mol. The van der Waals surface area contributed by atoms with Gasteiger partial charge in [-0.1, -0.05) is 44.2 Å². The first-order valence-electron chi connectivity index (χ1n) is 11.3. The lowest BCUT2D eigenvalue weighted by Crippen LogP contribution is -2.50. The number of nitrogens with zero attached hydrogens (tertiary/aromatic N) is 1. The van der Waals surface area contributed by atoms with Gasteiger partial charge in [0.05, 0.1) is 11.1 Å². The summed E-state index contributed by atoms with van der Waals surface area (Å²) in [6.07, 6.45) is 2.43. The Balaban J connectivity index is 1.79. The highest BCUT2D eigenvalue weighted by Gasteiger charge is 2.24. The van der Waals surface area contributed by atoms with Crippen LogP contribution in [-0.4, -0.2) is 38.7 Å². The molecule has 0 radical (unpaired) electrons. The van der Waals surface area contributed by atoms with Gasteiger partial charge >= 0.3 is 7.82 Å². The average molecular weight is 500 g/mol. The summed E-state index contributed by atoms with van der Waals surface area (Å²) in [6, 6.07) is 14.2. The summed E-state index contributed by atoms with van der Waals surface area (Å²) in [7, 11) is -4.67. The minimum absolute atomic E-state index is 0.0000795. The third kappa shape index (κ3) is 8.17. The van der Waals surface area contributed by atoms with Crippen LogP contribution in [0.1, 0.15) is 43.1 Å². The molecule has 9 nitrogen and oxygen atoms in total. The number of hydrogen-bond donors (Lipinski definition) is 4. The van der Waals surface area contributed by atoms with Crippen LogP contribution < -0.4 is 15.2 Å². The van der Waals surface area contributed by atoms with Crippen molar-refractivity contribution < 1.29 is 28.5 Å². The Hall–Kier alpha value is -3.26. The summed E-state index contributed by atoms with van der Waals surface area (Å²) in [6.45, 7) is 6.05. The number of carbonyl (C=O) groups excluding carboxylic acids is 2. The van der Waals surface area contributed by atoms with Crippen molar-refractivity contribution in [3.05, 3.63) is 71.9 Å². The number of benzene rings is 2. The van der Waals surface area contributed by atoms with E-state index >= 15 is 0 Å². The largest absolute Gasteiger partial charge is 0.524 e. The zero-order chi connectivity index (χ0) is 25.6. The summed E-state index contributed by atoms with van der Waals surface area (Å²) in [5, 5.41) is 6.59. The van der Waals surface area contributed by atoms with Crippen LogP contribution >= 0.6 is 7.82 Å². The molecule has 0 aliphatic rings. The Labute approximate surface area is 204 Å². The molecular formula is C25H30N3O6P. The highest BCUT2D eigenvalue weighted by molar-refractivity contribution is 7.46. The van der Waals surface area contributed by atoms with E-state index in [0.717, 1.165) is 17.3 Å². The van der Waals surface area contributed by atoms with Crippen LogP contribution in [0.15, 0.2) is 60.8 Å². The van der Waals surface area contributed by atoms with E-state index in [0.29, 0.717) is 17.0 Å². The van der Waals surface area contributed by atoms with Crippen LogP contribution in [0.3, 0.4) is 0 Å². The third-order valence-electron chi connectivity index (χ3n) is 5.28. The Morgan fingerprint density at radius 3 is 2.37 bits per heavy atom. The molecule has 2 unspecified atom stereocenters. The van der Waals surface area contributed by atoms with Gasteiger partial charge in [-0.3, -0.25) is 24.4 Å². The van der Waals surface area contributed by atoms with Crippen LogP contribution in [0, 0.1) is 5.92 Å². The molecule has 3 aromatic rings. The molecule has 3 rings (SSSR count). The predicted octanol–water partition coefficient (Wildman–Crippen LogP) is 3.60. The Kier molecular flexibility index (Phi) is 8.62. The SMILES string of the molecule is CC(C)CC(C)NC(=O)C(Cc1ccc(OP(=O)(O)O)cc1)NC(=O)c1cnc2ccccc2c1. The fourth-order valence-corrected chi connectivity index (χ4v) is 4.21. The third-order valence-corrected chi connectivity index (χ3v) is 5.72. The number of phosphoric acid groups is 1. The lowest BCUT2D eigenvalue weighted by Gasteiger charge is -2.22. The minimum atomic E-state index is -4.67. The summed E-state index contributed by atoms with van der Waals surface area (Å²) in [4.78, 5) is 48.4. The summed E-state index contributed by atoms with van der Waals surface area (Å²) >= 11 is 0. The zero-order valence-electron chi connectivity index (χ0n) is 19.8. The molecule has 2 aromatic carbocycles. The number of amides is 2. The molecule has 2 atom stereocenters. The first-order chi connectivity index (χ1) is 16.5. The highest BCUT2D eigenvalue weighted by atomic mass is 31.2. The fraction of sp³-hybridized carbons (Fsp3) is 0.320. The van der Waals surface area contributed by atoms with Crippen molar-refractivity contribution in [1.29, 1.82) is 0 Å². The summed E-state index contributed by atoms with van der Waals surface area (Å²) in [5.41, 5.74) is 1.78. The first-order valence-corrected chi connectivity index (χ1v) is 12.8. The van der Waals surface area contributed by atoms with E-state index in [9.17, 15) is 14.2 Å². The molecule has 35 heavy (non-hydrogen) atoms. The van der Waals surface area contributed by atoms with E-state index in [2.05, 4.69) is 34.0 Å². The number of rotatable bonds is 10. The maximum atomic E-state index is 13.1. The molecule has 0 aliphatic heterocycles. The quantitative estimate of drug-likeness (QED) is 0.313. The van der Waals surface area contributed by atoms with Gasteiger partial charge in [-0.15, -0.1) is 0 Å². The number of hydrogen-bond acceptors (Lipinski definition) is 5. The molecule has 2 amide bonds. The summed E-state index contributed by atoms with van der Waals surface area (Å²) < 4.78 is 15.6. The molecule has 1 heterocycles. The number of carbonyl (C=O) groups is 2. The maximum Gasteiger partial charge on any atom is 0.524 e. The maximum absolute atomic E-state index is 13.1. The van der Waals surface area contributed by atoms with E-state index in [-0.39, 0.29) is 24.1 Å². The molecule has 0 bridgehead atoms. The van der Waals surface area contributed by atoms with Gasteiger partial charge in [0.25, 0.3) is 5.91 Å². The molecule has 0 aliphatic carbocycles. The van der Waals surface area contributed by atoms with E-state index in [4.69, 9.17) is 9.79 Å². The van der Waals surface area contributed by atoms with Gasteiger partial charge in [0.1, 0.15) is 11.8 Å². The smallest absolute Gasteiger partial charge is 0.404 e. The van der Waals surface area contributed by atoms with Crippen LogP contribution in [0.4, 0.5) is 0 Å². The van der Waals surface area contributed by atoms with E-state index in [1.807, 2.05) is 31.2 Å². The van der Waals surface area contributed by atoms with Gasteiger partial charge in [-0.05, 0) is 49.1 Å². The normalized spacial score (nSPS) is 13.3. The van der Waals surface area contributed by atoms with Crippen LogP contribution in [0.5, 0.6) is 5.75 Å². The second-order valence-corrected chi connectivity index (χ2v) is 10.1. The Morgan fingerprint density at radius 1 is 1.03 bits per heavy atom. The van der Waals surface area contributed by atoms with Crippen molar-refractivity contribution in [2.75, 3.05) is 0 Å². The number of para-hydroxylation sites is 1. The van der Waals surface area contributed by atoms with Gasteiger partial charge in [0.2, 0.25) is 5.91 Å². The molecular weight excluding hydrogens is 469 g/mol. The average Bonchev–Trinajstić information content (AvgIpc) is 2.77. The van der Waals surface area contributed by atoms with Gasteiger partial charge in [-0.25, -0.2) is 4.57 Å². The number of fused-ring (bicyclic) bond motifs is 1. The Bertz CT molecular complexity index is 1230. The standard InChI is InChI=1S/C25H30N3O6P/c1-16(2)12-17(3)27-25(30)23(13-18-8-10-21(11-9-18)34-35(31,32)33)28-24(29)20-14-19-6-4-5-7-22(19)26-15-20/h4-11,14-17,23H,12-13H2,1-3H3,(H,27,30)(H,28,29)(H2,31,32,33). The van der Waals surface area contributed by atoms with Crippen LogP contribution in [0.2, 0.25) is 0 Å². The highest BCUT2D eigenvalue weighted by Crippen LogP contribution is 2.37. The molecule has 0 saturated carbocycles. The van der Waals surface area contributed by atoms with E-state index in [1.54, 1.807) is 18.2 Å². The second-order valence-electron chi connectivity index (χ2n) is 8.91. The molecule has 0 fully saturated rings. The van der Waals surface area contributed by atoms with Crippen molar-refractivity contribution in [2.24, 2.45) is 5.92 Å². The molecule has 10 heteroatoms. The lowest BCUT2D eigenvalue weighted by molar-refractivity contribution is -0.123. The van der Waals surface area contributed by atoms with Crippen molar-refractivity contribution in [2.45, 2.75) is 45.7 Å². The molecule has 1 aromatic heterocycles. The number of phosphoric ester groups is 1. The monoisotopic (exact) mass is 499 g/mol. The molecule has 4 N–H and O–H groups in total. The number of aromatic nitrogens is 1. The van der Waals surface area contributed by atoms with Crippen molar-refractivity contribution >= 4 is 30.5 Å². The number of nitrogens with one attached hydrogen (secondary N) is 2. The zero-order valence-corrected chi connectivity index (χ0v) is 20.7. The first kappa shape index (κ1) is 26.3. The van der Waals surface area contributed by atoms with Crippen LogP contribution in [-0.2, 0) is 15.8 Å². The molecule has 0 spiro atoms. The van der Waals surface area contributed by atoms with Crippen molar-refractivity contribution in [3.63, 3.8) is 0 Å². The van der Waals surface area contributed by atoms with Gasteiger partial charge in [0, 0.05) is 24.0 Å². The van der Waals surface area contributed by atoms with Gasteiger partial charge in [-0.2, -0.15) is 0 Å². The topological polar surface area (TPSA) is 138 Å².